The van der Waals surface area contributed by atoms with Gasteiger partial charge in [0.15, 0.2) is 0 Å². The number of benzene rings is 1. The third-order valence-electron chi connectivity index (χ3n) is 4.50. The Labute approximate surface area is 148 Å². The van der Waals surface area contributed by atoms with Gasteiger partial charge in [-0.2, -0.15) is 0 Å². The molecule has 7 heteroatoms. The molecular formula is C18H27N3O4. The third-order valence-corrected chi connectivity index (χ3v) is 4.50. The fourth-order valence-corrected chi connectivity index (χ4v) is 2.68. The van der Waals surface area contributed by atoms with Crippen LogP contribution in [0.2, 0.25) is 0 Å². The number of hydrogen-bond donors (Lipinski definition) is 3. The number of urea groups is 1. The molecule has 1 saturated heterocycles. The van der Waals surface area contributed by atoms with Gasteiger partial charge in [0.2, 0.25) is 0 Å². The molecule has 138 valence electrons. The number of esters is 1. The topological polar surface area (TPSA) is 90.9 Å². The van der Waals surface area contributed by atoms with Crippen LogP contribution in [0.1, 0.15) is 43.5 Å². The molecule has 0 bridgehead atoms. The van der Waals surface area contributed by atoms with Crippen molar-refractivity contribution in [3.05, 3.63) is 23.8 Å². The standard InChI is InChI=1S/C18H27N3O4/c1-4-18(2,24)12-19-17(23)20-14-11-13(16(22)25-3)7-8-15(14)21-9-5-6-10-21/h7-8,11,24H,4-6,9-10,12H2,1-3H3,(H2,19,20,23)/t18-/m1/s1. The molecule has 25 heavy (non-hydrogen) atoms. The maximum Gasteiger partial charge on any atom is 0.337 e. The van der Waals surface area contributed by atoms with Gasteiger partial charge in [-0.1, -0.05) is 6.92 Å². The molecule has 3 N–H and O–H groups in total. The van der Waals surface area contributed by atoms with Crippen LogP contribution in [-0.4, -0.2) is 49.5 Å². The Kier molecular flexibility index (Phi) is 6.25. The fraction of sp³-hybridized carbons (Fsp3) is 0.556. The van der Waals surface area contributed by atoms with Gasteiger partial charge in [-0.3, -0.25) is 0 Å². The second-order valence-electron chi connectivity index (χ2n) is 6.58. The summed E-state index contributed by atoms with van der Waals surface area (Å²) in [4.78, 5) is 26.2. The van der Waals surface area contributed by atoms with E-state index in [4.69, 9.17) is 4.74 Å². The van der Waals surface area contributed by atoms with E-state index in [0.29, 0.717) is 17.7 Å². The molecule has 2 rings (SSSR count). The Morgan fingerprint density at radius 1 is 1.32 bits per heavy atom. The largest absolute Gasteiger partial charge is 0.465 e. The minimum atomic E-state index is -0.955. The molecule has 0 aliphatic carbocycles. The van der Waals surface area contributed by atoms with Gasteiger partial charge in [0.25, 0.3) is 0 Å². The average Bonchev–Trinajstić information content (AvgIpc) is 3.13. The molecule has 2 amide bonds. The molecule has 0 radical (unpaired) electrons. The van der Waals surface area contributed by atoms with Crippen LogP contribution in [0.3, 0.4) is 0 Å². The van der Waals surface area contributed by atoms with Gasteiger partial charge in [0.1, 0.15) is 0 Å². The average molecular weight is 349 g/mol. The van der Waals surface area contributed by atoms with Crippen molar-refractivity contribution in [1.29, 1.82) is 0 Å². The summed E-state index contributed by atoms with van der Waals surface area (Å²) in [5, 5.41) is 15.5. The lowest BCUT2D eigenvalue weighted by Crippen LogP contribution is -2.42. The number of nitrogens with zero attached hydrogens (tertiary/aromatic N) is 1. The number of amides is 2. The summed E-state index contributed by atoms with van der Waals surface area (Å²) in [5.41, 5.74) is 0.852. The highest BCUT2D eigenvalue weighted by atomic mass is 16.5. The Balaban J connectivity index is 2.17. The number of hydrogen-bond acceptors (Lipinski definition) is 5. The number of aliphatic hydroxyl groups is 1. The first-order valence-corrected chi connectivity index (χ1v) is 8.61. The normalized spacial score (nSPS) is 16.2. The lowest BCUT2D eigenvalue weighted by Gasteiger charge is -2.24. The van der Waals surface area contributed by atoms with Gasteiger partial charge in [0, 0.05) is 19.6 Å². The summed E-state index contributed by atoms with van der Waals surface area (Å²) in [7, 11) is 1.32. The zero-order valence-corrected chi connectivity index (χ0v) is 15.1. The van der Waals surface area contributed by atoms with Crippen molar-refractivity contribution in [2.45, 2.75) is 38.7 Å². The van der Waals surface area contributed by atoms with Crippen molar-refractivity contribution in [1.82, 2.24) is 5.32 Å². The molecule has 0 saturated carbocycles. The monoisotopic (exact) mass is 349 g/mol. The molecular weight excluding hydrogens is 322 g/mol. The minimum absolute atomic E-state index is 0.144. The molecule has 0 aromatic heterocycles. The van der Waals surface area contributed by atoms with E-state index >= 15 is 0 Å². The van der Waals surface area contributed by atoms with E-state index in [-0.39, 0.29) is 6.54 Å². The van der Waals surface area contributed by atoms with Gasteiger partial charge >= 0.3 is 12.0 Å². The van der Waals surface area contributed by atoms with Crippen LogP contribution in [0, 0.1) is 0 Å². The smallest absolute Gasteiger partial charge is 0.337 e. The van der Waals surface area contributed by atoms with E-state index in [9.17, 15) is 14.7 Å². The van der Waals surface area contributed by atoms with Crippen molar-refractivity contribution in [2.75, 3.05) is 37.0 Å². The Morgan fingerprint density at radius 3 is 2.60 bits per heavy atom. The lowest BCUT2D eigenvalue weighted by atomic mass is 10.0. The zero-order valence-electron chi connectivity index (χ0n) is 15.1. The quantitative estimate of drug-likeness (QED) is 0.686. The first-order chi connectivity index (χ1) is 11.9. The van der Waals surface area contributed by atoms with Crippen molar-refractivity contribution in [3.63, 3.8) is 0 Å². The molecule has 1 aromatic carbocycles. The van der Waals surface area contributed by atoms with Gasteiger partial charge in [-0.25, -0.2) is 9.59 Å². The summed E-state index contributed by atoms with van der Waals surface area (Å²) in [6.07, 6.45) is 2.73. The summed E-state index contributed by atoms with van der Waals surface area (Å²) >= 11 is 0. The predicted molar refractivity (Wildman–Crippen MR) is 97.2 cm³/mol. The van der Waals surface area contributed by atoms with Crippen molar-refractivity contribution in [2.24, 2.45) is 0 Å². The molecule has 1 aliphatic heterocycles. The second-order valence-corrected chi connectivity index (χ2v) is 6.58. The number of methoxy groups -OCH3 is 1. The molecule has 0 unspecified atom stereocenters. The molecule has 1 aromatic rings. The Morgan fingerprint density at radius 2 is 2.00 bits per heavy atom. The van der Waals surface area contributed by atoms with E-state index < -0.39 is 17.6 Å². The molecule has 0 spiro atoms. The van der Waals surface area contributed by atoms with E-state index in [1.165, 1.54) is 7.11 Å². The van der Waals surface area contributed by atoms with Crippen LogP contribution in [0.25, 0.3) is 0 Å². The highest BCUT2D eigenvalue weighted by Crippen LogP contribution is 2.30. The maximum absolute atomic E-state index is 12.2. The zero-order chi connectivity index (χ0) is 18.4. The minimum Gasteiger partial charge on any atom is -0.465 e. The summed E-state index contributed by atoms with van der Waals surface area (Å²) in [6.45, 7) is 5.49. The van der Waals surface area contributed by atoms with E-state index in [1.807, 2.05) is 13.0 Å². The van der Waals surface area contributed by atoms with Gasteiger partial charge in [-0.05, 0) is 44.4 Å². The molecule has 1 atom stereocenters. The first-order valence-electron chi connectivity index (χ1n) is 8.61. The summed E-state index contributed by atoms with van der Waals surface area (Å²) in [6, 6.07) is 4.73. The van der Waals surface area contributed by atoms with E-state index in [0.717, 1.165) is 31.6 Å². The van der Waals surface area contributed by atoms with Gasteiger partial charge < -0.3 is 25.4 Å². The SMILES string of the molecule is CC[C@@](C)(O)CNC(=O)Nc1cc(C(=O)OC)ccc1N1CCCC1. The summed E-state index contributed by atoms with van der Waals surface area (Å²) < 4.78 is 4.75. The summed E-state index contributed by atoms with van der Waals surface area (Å²) in [5.74, 6) is -0.453. The van der Waals surface area contributed by atoms with E-state index in [2.05, 4.69) is 15.5 Å². The predicted octanol–water partition coefficient (Wildman–Crippen LogP) is 2.36. The number of carbonyl (C=O) groups excluding carboxylic acids is 2. The van der Waals surface area contributed by atoms with Crippen molar-refractivity contribution >= 4 is 23.4 Å². The number of rotatable bonds is 6. The molecule has 1 fully saturated rings. The number of anilines is 2. The van der Waals surface area contributed by atoms with Gasteiger partial charge in [-0.15, -0.1) is 0 Å². The molecule has 1 aliphatic rings. The first kappa shape index (κ1) is 19.1. The highest BCUT2D eigenvalue weighted by Gasteiger charge is 2.21. The Bertz CT molecular complexity index is 625. The Hall–Kier alpha value is -2.28. The fourth-order valence-electron chi connectivity index (χ4n) is 2.68. The molecule has 1 heterocycles. The number of ether oxygens (including phenoxy) is 1. The van der Waals surface area contributed by atoms with Gasteiger partial charge in [0.05, 0.1) is 29.6 Å². The second kappa shape index (κ2) is 8.20. The van der Waals surface area contributed by atoms with Crippen LogP contribution >= 0.6 is 0 Å². The maximum atomic E-state index is 12.2. The highest BCUT2D eigenvalue weighted by molar-refractivity contribution is 5.97. The van der Waals surface area contributed by atoms with Crippen LogP contribution in [0.15, 0.2) is 18.2 Å². The van der Waals surface area contributed by atoms with E-state index in [1.54, 1.807) is 19.1 Å². The lowest BCUT2D eigenvalue weighted by molar-refractivity contribution is 0.0585. The van der Waals surface area contributed by atoms with Crippen molar-refractivity contribution < 1.29 is 19.4 Å². The number of nitrogens with one attached hydrogen (secondary N) is 2. The third kappa shape index (κ3) is 5.09. The molecule has 7 nitrogen and oxygen atoms in total. The van der Waals surface area contributed by atoms with Crippen LogP contribution in [-0.2, 0) is 4.74 Å². The van der Waals surface area contributed by atoms with Crippen LogP contribution in [0.5, 0.6) is 0 Å². The number of carbonyl (C=O) groups is 2. The van der Waals surface area contributed by atoms with Crippen LogP contribution in [0.4, 0.5) is 16.2 Å². The van der Waals surface area contributed by atoms with Crippen LogP contribution < -0.4 is 15.5 Å². The van der Waals surface area contributed by atoms with Crippen molar-refractivity contribution in [3.8, 4) is 0 Å².